The molecule has 33 heavy (non-hydrogen) atoms. The number of carbonyl (C=O) groups is 3. The quantitative estimate of drug-likeness (QED) is 0.593. The zero-order chi connectivity index (χ0) is 23.2. The van der Waals surface area contributed by atoms with Crippen LogP contribution in [0.3, 0.4) is 0 Å². The van der Waals surface area contributed by atoms with Gasteiger partial charge in [0.2, 0.25) is 11.8 Å². The predicted octanol–water partition coefficient (Wildman–Crippen LogP) is 4.34. The number of benzene rings is 3. The van der Waals surface area contributed by atoms with E-state index >= 15 is 0 Å². The molecule has 1 atom stereocenters. The molecule has 1 aliphatic rings. The lowest BCUT2D eigenvalue weighted by Gasteiger charge is -2.21. The van der Waals surface area contributed by atoms with Gasteiger partial charge in [0.25, 0.3) is 5.91 Å². The molecule has 0 radical (unpaired) electrons. The number of nitrogens with zero attached hydrogens (tertiary/aromatic N) is 2. The summed E-state index contributed by atoms with van der Waals surface area (Å²) in [5, 5.41) is 2.88. The first-order valence-corrected chi connectivity index (χ1v) is 11.1. The van der Waals surface area contributed by atoms with E-state index in [4.69, 9.17) is 0 Å². The number of hydrogen-bond acceptors (Lipinski definition) is 3. The Morgan fingerprint density at radius 1 is 0.939 bits per heavy atom. The van der Waals surface area contributed by atoms with Gasteiger partial charge in [0.1, 0.15) is 0 Å². The fourth-order valence-electron chi connectivity index (χ4n) is 3.99. The van der Waals surface area contributed by atoms with Crippen LogP contribution in [0.25, 0.3) is 0 Å². The van der Waals surface area contributed by atoms with Crippen molar-refractivity contribution in [3.63, 3.8) is 0 Å². The van der Waals surface area contributed by atoms with E-state index in [-0.39, 0.29) is 24.1 Å². The topological polar surface area (TPSA) is 69.7 Å². The van der Waals surface area contributed by atoms with E-state index in [0.717, 1.165) is 11.3 Å². The number of amides is 3. The molecular formula is C27H27N3O3. The second-order valence-corrected chi connectivity index (χ2v) is 8.11. The summed E-state index contributed by atoms with van der Waals surface area (Å²) in [7, 11) is 0. The maximum absolute atomic E-state index is 12.9. The zero-order valence-corrected chi connectivity index (χ0v) is 18.6. The van der Waals surface area contributed by atoms with Gasteiger partial charge in [-0.15, -0.1) is 0 Å². The molecule has 0 spiro atoms. The summed E-state index contributed by atoms with van der Waals surface area (Å²) < 4.78 is 0. The van der Waals surface area contributed by atoms with Crippen molar-refractivity contribution in [2.45, 2.75) is 19.9 Å². The maximum atomic E-state index is 12.9. The second-order valence-electron chi connectivity index (χ2n) is 8.11. The third-order valence-electron chi connectivity index (χ3n) is 5.85. The van der Waals surface area contributed by atoms with E-state index < -0.39 is 5.92 Å². The van der Waals surface area contributed by atoms with Crippen molar-refractivity contribution in [2.24, 2.45) is 5.92 Å². The van der Waals surface area contributed by atoms with Gasteiger partial charge >= 0.3 is 0 Å². The smallest absolute Gasteiger partial charge is 0.254 e. The Labute approximate surface area is 193 Å². The Morgan fingerprint density at radius 3 is 2.21 bits per heavy atom. The summed E-state index contributed by atoms with van der Waals surface area (Å²) in [6.45, 7) is 3.45. The number of para-hydroxylation sites is 1. The number of anilines is 2. The fourth-order valence-corrected chi connectivity index (χ4v) is 3.99. The first kappa shape index (κ1) is 22.3. The van der Waals surface area contributed by atoms with Gasteiger partial charge in [-0.2, -0.15) is 0 Å². The van der Waals surface area contributed by atoms with E-state index in [9.17, 15) is 14.4 Å². The van der Waals surface area contributed by atoms with Crippen LogP contribution < -0.4 is 10.2 Å². The minimum Gasteiger partial charge on any atom is -0.335 e. The molecule has 1 N–H and O–H groups in total. The molecular weight excluding hydrogens is 414 g/mol. The van der Waals surface area contributed by atoms with E-state index in [2.05, 4.69) is 5.32 Å². The Kier molecular flexibility index (Phi) is 6.83. The normalized spacial score (nSPS) is 15.4. The molecule has 1 heterocycles. The molecule has 1 saturated heterocycles. The van der Waals surface area contributed by atoms with Crippen LogP contribution in [0.2, 0.25) is 0 Å². The van der Waals surface area contributed by atoms with Crippen LogP contribution in [0.5, 0.6) is 0 Å². The Morgan fingerprint density at radius 2 is 1.58 bits per heavy atom. The van der Waals surface area contributed by atoms with Crippen molar-refractivity contribution < 1.29 is 14.4 Å². The van der Waals surface area contributed by atoms with Gasteiger partial charge in [-0.05, 0) is 48.9 Å². The van der Waals surface area contributed by atoms with Crippen molar-refractivity contribution in [3.05, 3.63) is 96.1 Å². The third kappa shape index (κ3) is 5.29. The first-order chi connectivity index (χ1) is 16.0. The molecule has 1 unspecified atom stereocenters. The average Bonchev–Trinajstić information content (AvgIpc) is 3.25. The van der Waals surface area contributed by atoms with Gasteiger partial charge in [0.15, 0.2) is 0 Å². The van der Waals surface area contributed by atoms with Crippen LogP contribution in [-0.2, 0) is 16.1 Å². The molecule has 1 fully saturated rings. The van der Waals surface area contributed by atoms with Crippen molar-refractivity contribution in [2.75, 3.05) is 23.3 Å². The first-order valence-electron chi connectivity index (χ1n) is 11.1. The summed E-state index contributed by atoms with van der Waals surface area (Å²) in [6.07, 6.45) is 0.183. The highest BCUT2D eigenvalue weighted by atomic mass is 16.2. The van der Waals surface area contributed by atoms with E-state index in [0.29, 0.717) is 30.9 Å². The monoisotopic (exact) mass is 441 g/mol. The molecule has 6 heteroatoms. The molecule has 0 bridgehead atoms. The molecule has 0 saturated carbocycles. The minimum absolute atomic E-state index is 0.0552. The van der Waals surface area contributed by atoms with Crippen LogP contribution in [0.15, 0.2) is 84.9 Å². The maximum Gasteiger partial charge on any atom is 0.254 e. The Balaban J connectivity index is 1.36. The fraction of sp³-hybridized carbons (Fsp3) is 0.222. The van der Waals surface area contributed by atoms with Crippen molar-refractivity contribution in [1.82, 2.24) is 4.90 Å². The number of carbonyl (C=O) groups excluding carboxylic acids is 3. The van der Waals surface area contributed by atoms with Gasteiger partial charge in [0.05, 0.1) is 5.92 Å². The van der Waals surface area contributed by atoms with Gasteiger partial charge in [0, 0.05) is 43.0 Å². The number of nitrogens with one attached hydrogen (secondary N) is 1. The molecule has 4 rings (SSSR count). The summed E-state index contributed by atoms with van der Waals surface area (Å²) >= 11 is 0. The Bertz CT molecular complexity index is 1110. The standard InChI is InChI=1S/C27H27N3O3/c1-2-29(18-20-9-5-3-6-10-20)27(33)21-13-15-23(16-14-21)28-26(32)22-17-25(31)30(19-22)24-11-7-4-8-12-24/h3-16,22H,2,17-19H2,1H3,(H,28,32). The highest BCUT2D eigenvalue weighted by Crippen LogP contribution is 2.26. The number of hydrogen-bond donors (Lipinski definition) is 1. The lowest BCUT2D eigenvalue weighted by atomic mass is 10.1. The van der Waals surface area contributed by atoms with Crippen molar-refractivity contribution in [3.8, 4) is 0 Å². The Hall–Kier alpha value is -3.93. The van der Waals surface area contributed by atoms with Gasteiger partial charge in [-0.1, -0.05) is 48.5 Å². The van der Waals surface area contributed by atoms with Crippen molar-refractivity contribution in [1.29, 1.82) is 0 Å². The summed E-state index contributed by atoms with van der Waals surface area (Å²) in [4.78, 5) is 41.5. The van der Waals surface area contributed by atoms with Crippen LogP contribution in [-0.4, -0.2) is 35.7 Å². The molecule has 6 nitrogen and oxygen atoms in total. The van der Waals surface area contributed by atoms with Gasteiger partial charge in [-0.25, -0.2) is 0 Å². The molecule has 1 aliphatic heterocycles. The summed E-state index contributed by atoms with van der Waals surface area (Å²) in [6, 6.07) is 26.2. The highest BCUT2D eigenvalue weighted by Gasteiger charge is 2.35. The van der Waals surface area contributed by atoms with Crippen LogP contribution in [0.4, 0.5) is 11.4 Å². The van der Waals surface area contributed by atoms with Crippen molar-refractivity contribution >= 4 is 29.1 Å². The SMILES string of the molecule is CCN(Cc1ccccc1)C(=O)c1ccc(NC(=O)C2CC(=O)N(c3ccccc3)C2)cc1. The molecule has 3 aromatic carbocycles. The summed E-state index contributed by atoms with van der Waals surface area (Å²) in [5.41, 5.74) is 3.05. The predicted molar refractivity (Wildman–Crippen MR) is 129 cm³/mol. The molecule has 0 aliphatic carbocycles. The van der Waals surface area contributed by atoms with E-state index in [1.54, 1.807) is 34.1 Å². The summed E-state index contributed by atoms with van der Waals surface area (Å²) in [5.74, 6) is -0.722. The largest absolute Gasteiger partial charge is 0.335 e. The lowest BCUT2D eigenvalue weighted by Crippen LogP contribution is -2.30. The van der Waals surface area contributed by atoms with E-state index in [1.165, 1.54) is 0 Å². The van der Waals surface area contributed by atoms with Crippen LogP contribution in [0.1, 0.15) is 29.3 Å². The van der Waals surface area contributed by atoms with E-state index in [1.807, 2.05) is 67.6 Å². The molecule has 168 valence electrons. The van der Waals surface area contributed by atoms with Gasteiger partial charge in [-0.3, -0.25) is 14.4 Å². The second kappa shape index (κ2) is 10.1. The highest BCUT2D eigenvalue weighted by molar-refractivity contribution is 6.03. The van der Waals surface area contributed by atoms with Crippen LogP contribution in [0, 0.1) is 5.92 Å². The molecule has 3 aromatic rings. The third-order valence-corrected chi connectivity index (χ3v) is 5.85. The average molecular weight is 442 g/mol. The minimum atomic E-state index is -0.416. The molecule has 3 amide bonds. The zero-order valence-electron chi connectivity index (χ0n) is 18.6. The van der Waals surface area contributed by atoms with Crippen LogP contribution >= 0.6 is 0 Å². The number of rotatable bonds is 7. The lowest BCUT2D eigenvalue weighted by molar-refractivity contribution is -0.122. The van der Waals surface area contributed by atoms with Gasteiger partial charge < -0.3 is 15.1 Å². The molecule has 0 aromatic heterocycles.